The van der Waals surface area contributed by atoms with Crippen LogP contribution >= 0.6 is 0 Å². The summed E-state index contributed by atoms with van der Waals surface area (Å²) in [6.07, 6.45) is 0. The van der Waals surface area contributed by atoms with Crippen molar-refractivity contribution in [3.8, 4) is 11.8 Å². The quantitative estimate of drug-likeness (QED) is 0.462. The molecule has 0 fully saturated rings. The lowest BCUT2D eigenvalue weighted by atomic mass is 10.1. The summed E-state index contributed by atoms with van der Waals surface area (Å²) in [7, 11) is 0. The van der Waals surface area contributed by atoms with Crippen LogP contribution < -0.4 is 5.73 Å². The van der Waals surface area contributed by atoms with Gasteiger partial charge >= 0.3 is 0 Å². The van der Waals surface area contributed by atoms with E-state index >= 15 is 0 Å². The van der Waals surface area contributed by atoms with Gasteiger partial charge < -0.3 is 10.8 Å². The topological polar surface area (TPSA) is 46.2 Å². The SMILES string of the molecule is CC(C)(O)C#Cc1cccc(N)c1. The van der Waals surface area contributed by atoms with E-state index in [-0.39, 0.29) is 0 Å². The van der Waals surface area contributed by atoms with Gasteiger partial charge in [0.15, 0.2) is 0 Å². The van der Waals surface area contributed by atoms with Gasteiger partial charge in [0.2, 0.25) is 0 Å². The second-order valence-corrected chi connectivity index (χ2v) is 3.43. The first-order valence-corrected chi connectivity index (χ1v) is 4.08. The summed E-state index contributed by atoms with van der Waals surface area (Å²) in [5.74, 6) is 5.56. The molecule has 0 amide bonds. The first-order valence-electron chi connectivity index (χ1n) is 4.08. The minimum atomic E-state index is -0.954. The maximum atomic E-state index is 9.34. The molecule has 68 valence electrons. The summed E-state index contributed by atoms with van der Waals surface area (Å²) in [4.78, 5) is 0. The Bertz CT molecular complexity index is 352. The highest BCUT2D eigenvalue weighted by molar-refractivity contribution is 5.47. The van der Waals surface area contributed by atoms with E-state index in [0.29, 0.717) is 5.69 Å². The molecule has 13 heavy (non-hydrogen) atoms. The van der Waals surface area contributed by atoms with Gasteiger partial charge in [-0.25, -0.2) is 0 Å². The van der Waals surface area contributed by atoms with Crippen LogP contribution in [0.4, 0.5) is 5.69 Å². The van der Waals surface area contributed by atoms with Gasteiger partial charge in [-0.15, -0.1) is 0 Å². The molecule has 0 unspecified atom stereocenters. The number of benzene rings is 1. The van der Waals surface area contributed by atoms with E-state index in [2.05, 4.69) is 11.8 Å². The first-order chi connectivity index (χ1) is 5.97. The third kappa shape index (κ3) is 3.64. The van der Waals surface area contributed by atoms with E-state index in [9.17, 15) is 5.11 Å². The van der Waals surface area contributed by atoms with Crippen molar-refractivity contribution in [3.05, 3.63) is 29.8 Å². The molecule has 0 saturated carbocycles. The monoisotopic (exact) mass is 175 g/mol. The van der Waals surface area contributed by atoms with Crippen LogP contribution in [0.15, 0.2) is 24.3 Å². The molecule has 1 aromatic carbocycles. The standard InChI is InChI=1S/C11H13NO/c1-11(2,13)7-6-9-4-3-5-10(12)8-9/h3-5,8,13H,12H2,1-2H3. The minimum Gasteiger partial charge on any atom is -0.399 e. The molecular formula is C11H13NO. The van der Waals surface area contributed by atoms with E-state index < -0.39 is 5.60 Å². The van der Waals surface area contributed by atoms with Crippen LogP contribution in [0.25, 0.3) is 0 Å². The molecule has 0 aliphatic rings. The molecule has 1 aromatic rings. The van der Waals surface area contributed by atoms with Crippen molar-refractivity contribution in [1.29, 1.82) is 0 Å². The Hall–Kier alpha value is -1.46. The number of nitrogen functional groups attached to an aromatic ring is 1. The molecule has 0 saturated heterocycles. The van der Waals surface area contributed by atoms with Crippen molar-refractivity contribution in [3.63, 3.8) is 0 Å². The fraction of sp³-hybridized carbons (Fsp3) is 0.273. The third-order valence-corrected chi connectivity index (χ3v) is 1.40. The zero-order chi connectivity index (χ0) is 9.90. The van der Waals surface area contributed by atoms with Gasteiger partial charge in [-0.2, -0.15) is 0 Å². The Labute approximate surface area is 78.4 Å². The molecule has 2 heteroatoms. The van der Waals surface area contributed by atoms with Gasteiger partial charge in [0.1, 0.15) is 5.60 Å². The molecule has 2 nitrogen and oxygen atoms in total. The van der Waals surface area contributed by atoms with Crippen LogP contribution in [-0.2, 0) is 0 Å². The van der Waals surface area contributed by atoms with Crippen LogP contribution in [-0.4, -0.2) is 10.7 Å². The maximum Gasteiger partial charge on any atom is 0.120 e. The molecule has 0 spiro atoms. The number of rotatable bonds is 0. The summed E-state index contributed by atoms with van der Waals surface area (Å²) in [6, 6.07) is 7.27. The van der Waals surface area contributed by atoms with Crippen molar-refractivity contribution in [2.45, 2.75) is 19.4 Å². The highest BCUT2D eigenvalue weighted by Gasteiger charge is 2.05. The molecule has 0 atom stereocenters. The summed E-state index contributed by atoms with van der Waals surface area (Å²) >= 11 is 0. The van der Waals surface area contributed by atoms with Crippen LogP contribution in [0.5, 0.6) is 0 Å². The smallest absolute Gasteiger partial charge is 0.120 e. The van der Waals surface area contributed by atoms with E-state index in [4.69, 9.17) is 5.73 Å². The molecule has 3 N–H and O–H groups in total. The highest BCUT2D eigenvalue weighted by Crippen LogP contribution is 2.05. The zero-order valence-electron chi connectivity index (χ0n) is 7.83. The molecular weight excluding hydrogens is 162 g/mol. The van der Waals surface area contributed by atoms with Crippen LogP contribution in [0.2, 0.25) is 0 Å². The second-order valence-electron chi connectivity index (χ2n) is 3.43. The van der Waals surface area contributed by atoms with Crippen LogP contribution in [0, 0.1) is 11.8 Å². The molecule has 0 aliphatic heterocycles. The van der Waals surface area contributed by atoms with Crippen molar-refractivity contribution < 1.29 is 5.11 Å². The van der Waals surface area contributed by atoms with E-state index in [1.165, 1.54) is 0 Å². The Morgan fingerprint density at radius 3 is 2.62 bits per heavy atom. The fourth-order valence-corrected chi connectivity index (χ4v) is 0.842. The lowest BCUT2D eigenvalue weighted by molar-refractivity contribution is 0.143. The van der Waals surface area contributed by atoms with Crippen molar-refractivity contribution in [2.24, 2.45) is 0 Å². The first kappa shape index (κ1) is 9.63. The summed E-state index contributed by atoms with van der Waals surface area (Å²) in [6.45, 7) is 3.29. The summed E-state index contributed by atoms with van der Waals surface area (Å²) < 4.78 is 0. The van der Waals surface area contributed by atoms with Crippen molar-refractivity contribution in [2.75, 3.05) is 5.73 Å². The fourth-order valence-electron chi connectivity index (χ4n) is 0.842. The molecule has 0 bridgehead atoms. The van der Waals surface area contributed by atoms with Crippen molar-refractivity contribution in [1.82, 2.24) is 0 Å². The normalized spacial score (nSPS) is 10.4. The number of hydrogen-bond acceptors (Lipinski definition) is 2. The zero-order valence-corrected chi connectivity index (χ0v) is 7.83. The van der Waals surface area contributed by atoms with Gasteiger partial charge in [-0.1, -0.05) is 17.9 Å². The molecule has 1 rings (SSSR count). The highest BCUT2D eigenvalue weighted by atomic mass is 16.3. The predicted molar refractivity (Wildman–Crippen MR) is 54.0 cm³/mol. The molecule has 0 aromatic heterocycles. The Morgan fingerprint density at radius 2 is 2.08 bits per heavy atom. The van der Waals surface area contributed by atoms with Gasteiger partial charge in [-0.05, 0) is 32.0 Å². The van der Waals surface area contributed by atoms with Gasteiger partial charge in [0.05, 0.1) is 0 Å². The van der Waals surface area contributed by atoms with Gasteiger partial charge in [0, 0.05) is 11.3 Å². The summed E-state index contributed by atoms with van der Waals surface area (Å²) in [5, 5.41) is 9.34. The largest absolute Gasteiger partial charge is 0.399 e. The molecule has 0 radical (unpaired) electrons. The van der Waals surface area contributed by atoms with Gasteiger partial charge in [0.25, 0.3) is 0 Å². The van der Waals surface area contributed by atoms with Crippen LogP contribution in [0.1, 0.15) is 19.4 Å². The van der Waals surface area contributed by atoms with E-state index in [1.807, 2.05) is 12.1 Å². The molecule has 0 aliphatic carbocycles. The lowest BCUT2D eigenvalue weighted by Crippen LogP contribution is -2.14. The number of hydrogen-bond donors (Lipinski definition) is 2. The Morgan fingerprint density at radius 1 is 1.38 bits per heavy atom. The average molecular weight is 175 g/mol. The predicted octanol–water partition coefficient (Wildman–Crippen LogP) is 1.39. The maximum absolute atomic E-state index is 9.34. The van der Waals surface area contributed by atoms with Gasteiger partial charge in [-0.3, -0.25) is 0 Å². The Balaban J connectivity index is 2.90. The number of anilines is 1. The molecule has 0 heterocycles. The Kier molecular flexibility index (Phi) is 2.60. The second kappa shape index (κ2) is 3.51. The number of aliphatic hydroxyl groups is 1. The summed E-state index contributed by atoms with van der Waals surface area (Å²) in [5.41, 5.74) is 6.12. The van der Waals surface area contributed by atoms with E-state index in [0.717, 1.165) is 5.56 Å². The van der Waals surface area contributed by atoms with E-state index in [1.54, 1.807) is 26.0 Å². The van der Waals surface area contributed by atoms with Crippen LogP contribution in [0.3, 0.4) is 0 Å². The minimum absolute atomic E-state index is 0.683. The lowest BCUT2D eigenvalue weighted by Gasteiger charge is -2.05. The third-order valence-electron chi connectivity index (χ3n) is 1.40. The average Bonchev–Trinajstić information content (AvgIpc) is 2.00. The van der Waals surface area contributed by atoms with Crippen molar-refractivity contribution >= 4 is 5.69 Å². The number of nitrogens with two attached hydrogens (primary N) is 1.